The van der Waals surface area contributed by atoms with Crippen molar-refractivity contribution in [2.24, 2.45) is 11.8 Å². The number of carbonyl (C=O) groups is 1. The Morgan fingerprint density at radius 2 is 2.04 bits per heavy atom. The molecule has 5 nitrogen and oxygen atoms in total. The average molecular weight is 384 g/mol. The molecular weight excluding hydrogens is 350 g/mol. The Labute approximate surface area is 162 Å². The molecule has 2 rings (SSSR count). The van der Waals surface area contributed by atoms with Gasteiger partial charge in [-0.1, -0.05) is 25.5 Å². The van der Waals surface area contributed by atoms with Crippen molar-refractivity contribution in [1.29, 1.82) is 0 Å². The van der Waals surface area contributed by atoms with E-state index in [1.807, 2.05) is 0 Å². The van der Waals surface area contributed by atoms with Gasteiger partial charge < -0.3 is 19.9 Å². The number of fused-ring (bicyclic) bond motifs is 2. The molecule has 0 aromatic heterocycles. The monoisotopic (exact) mass is 383 g/mol. The summed E-state index contributed by atoms with van der Waals surface area (Å²) in [6.45, 7) is 3.68. The number of carboxylic acid groups (broad SMARTS) is 1. The normalized spacial score (nSPS) is 27.1. The van der Waals surface area contributed by atoms with Gasteiger partial charge in [-0.05, 0) is 69.0 Å². The Hall–Kier alpha value is -1.14. The third kappa shape index (κ3) is 6.88. The van der Waals surface area contributed by atoms with Gasteiger partial charge in [0.1, 0.15) is 0 Å². The van der Waals surface area contributed by atoms with E-state index in [2.05, 4.69) is 24.4 Å². The number of allylic oxidation sites excluding steroid dienone is 2. The summed E-state index contributed by atoms with van der Waals surface area (Å²) in [6.07, 6.45) is 13.4. The van der Waals surface area contributed by atoms with E-state index in [4.69, 9.17) is 26.8 Å². The zero-order valence-electron chi connectivity index (χ0n) is 15.8. The van der Waals surface area contributed by atoms with Crippen molar-refractivity contribution in [3.63, 3.8) is 0 Å². The lowest BCUT2D eigenvalue weighted by Gasteiger charge is -2.27. The van der Waals surface area contributed by atoms with Crippen LogP contribution in [0, 0.1) is 11.8 Å². The summed E-state index contributed by atoms with van der Waals surface area (Å²) in [7, 11) is 0. The standard InChI is InChI=1S/C20H33NO4S/c1-2-3-13-21-20(26)24-14-12-16-15(17-10-11-18(16)25-17)8-6-4-5-7-9-19(22)23/h4,6,15-18H,2-3,5,7-14H2,1H3,(H,21,26)(H,22,23)/b6-4-/t15-,16+,17-,18+/m1/s1. The molecule has 0 aliphatic carbocycles. The molecule has 2 saturated heterocycles. The molecule has 0 saturated carbocycles. The number of carboxylic acids is 1. The second-order valence-electron chi connectivity index (χ2n) is 7.32. The Morgan fingerprint density at radius 1 is 1.27 bits per heavy atom. The van der Waals surface area contributed by atoms with Crippen molar-refractivity contribution in [1.82, 2.24) is 5.32 Å². The maximum Gasteiger partial charge on any atom is 0.303 e. The van der Waals surface area contributed by atoms with Gasteiger partial charge in [-0.15, -0.1) is 0 Å². The SMILES string of the molecule is CCCCNC(=S)OCC[C@H]1[C@@H](C/C=C\CCCC(=O)O)[C@H]2CC[C@@H]1O2. The molecule has 0 radical (unpaired) electrons. The fourth-order valence-corrected chi connectivity index (χ4v) is 4.23. The van der Waals surface area contributed by atoms with E-state index in [0.717, 1.165) is 51.5 Å². The van der Waals surface area contributed by atoms with Crippen LogP contribution in [-0.4, -0.2) is 41.6 Å². The topological polar surface area (TPSA) is 67.8 Å². The Kier molecular flexibility index (Phi) is 9.40. The first-order chi connectivity index (χ1) is 12.6. The first-order valence-corrected chi connectivity index (χ1v) is 10.5. The Morgan fingerprint density at radius 3 is 2.77 bits per heavy atom. The molecule has 2 aliphatic rings. The molecule has 148 valence electrons. The molecule has 4 atom stereocenters. The molecule has 2 fully saturated rings. The van der Waals surface area contributed by atoms with E-state index in [-0.39, 0.29) is 6.42 Å². The van der Waals surface area contributed by atoms with Crippen LogP contribution in [0.5, 0.6) is 0 Å². The second kappa shape index (κ2) is 11.5. The molecule has 6 heteroatoms. The first-order valence-electron chi connectivity index (χ1n) is 10.0. The molecule has 0 aromatic carbocycles. The molecule has 0 spiro atoms. The van der Waals surface area contributed by atoms with Gasteiger partial charge in [0.25, 0.3) is 5.17 Å². The largest absolute Gasteiger partial charge is 0.481 e. The Balaban J connectivity index is 1.68. The van der Waals surface area contributed by atoms with Crippen LogP contribution in [-0.2, 0) is 14.3 Å². The van der Waals surface area contributed by atoms with Crippen molar-refractivity contribution >= 4 is 23.4 Å². The van der Waals surface area contributed by atoms with E-state index in [0.29, 0.717) is 42.2 Å². The highest BCUT2D eigenvalue weighted by Gasteiger charge is 2.47. The minimum atomic E-state index is -0.720. The summed E-state index contributed by atoms with van der Waals surface area (Å²) in [5.74, 6) is 0.368. The van der Waals surface area contributed by atoms with Crippen molar-refractivity contribution in [3.8, 4) is 0 Å². The summed E-state index contributed by atoms with van der Waals surface area (Å²) < 4.78 is 11.8. The van der Waals surface area contributed by atoms with Crippen molar-refractivity contribution in [2.75, 3.05) is 13.2 Å². The van der Waals surface area contributed by atoms with Crippen LogP contribution in [0.15, 0.2) is 12.2 Å². The summed E-state index contributed by atoms with van der Waals surface area (Å²) in [5.41, 5.74) is 0. The van der Waals surface area contributed by atoms with Gasteiger partial charge in [0, 0.05) is 13.0 Å². The van der Waals surface area contributed by atoms with E-state index < -0.39 is 5.97 Å². The Bertz CT molecular complexity index is 482. The zero-order chi connectivity index (χ0) is 18.8. The second-order valence-corrected chi connectivity index (χ2v) is 7.69. The minimum absolute atomic E-state index is 0.244. The number of rotatable bonds is 12. The highest BCUT2D eigenvalue weighted by molar-refractivity contribution is 7.80. The van der Waals surface area contributed by atoms with Gasteiger partial charge in [-0.3, -0.25) is 4.79 Å². The fourth-order valence-electron chi connectivity index (χ4n) is 4.05. The molecule has 2 bridgehead atoms. The lowest BCUT2D eigenvalue weighted by Crippen LogP contribution is -2.30. The summed E-state index contributed by atoms with van der Waals surface area (Å²) in [5, 5.41) is 12.3. The number of hydrogen-bond donors (Lipinski definition) is 2. The summed E-state index contributed by atoms with van der Waals surface area (Å²) in [4.78, 5) is 10.5. The van der Waals surface area contributed by atoms with Crippen LogP contribution >= 0.6 is 12.2 Å². The van der Waals surface area contributed by atoms with Gasteiger partial charge >= 0.3 is 5.97 Å². The van der Waals surface area contributed by atoms with E-state index in [1.165, 1.54) is 0 Å². The number of aliphatic carboxylic acids is 1. The van der Waals surface area contributed by atoms with Crippen LogP contribution in [0.2, 0.25) is 0 Å². The zero-order valence-corrected chi connectivity index (χ0v) is 16.6. The van der Waals surface area contributed by atoms with Crippen molar-refractivity contribution < 1.29 is 19.4 Å². The third-order valence-corrected chi connectivity index (χ3v) is 5.67. The average Bonchev–Trinajstić information content (AvgIpc) is 3.20. The summed E-state index contributed by atoms with van der Waals surface area (Å²) >= 11 is 5.21. The maximum absolute atomic E-state index is 10.5. The molecule has 2 heterocycles. The molecular formula is C20H33NO4S. The van der Waals surface area contributed by atoms with E-state index in [1.54, 1.807) is 0 Å². The van der Waals surface area contributed by atoms with Gasteiger partial charge in [0.05, 0.1) is 18.8 Å². The van der Waals surface area contributed by atoms with Crippen LogP contribution in [0.4, 0.5) is 0 Å². The summed E-state index contributed by atoms with van der Waals surface area (Å²) in [6, 6.07) is 0. The molecule has 2 aliphatic heterocycles. The van der Waals surface area contributed by atoms with Gasteiger partial charge in [0.2, 0.25) is 0 Å². The number of unbranched alkanes of at least 4 members (excludes halogenated alkanes) is 2. The molecule has 26 heavy (non-hydrogen) atoms. The van der Waals surface area contributed by atoms with Crippen LogP contribution < -0.4 is 5.32 Å². The van der Waals surface area contributed by atoms with Crippen LogP contribution in [0.25, 0.3) is 0 Å². The fraction of sp³-hybridized carbons (Fsp3) is 0.800. The van der Waals surface area contributed by atoms with Gasteiger partial charge in [0.15, 0.2) is 0 Å². The molecule has 0 unspecified atom stereocenters. The molecule has 2 N–H and O–H groups in total. The van der Waals surface area contributed by atoms with Gasteiger partial charge in [-0.25, -0.2) is 0 Å². The lowest BCUT2D eigenvalue weighted by atomic mass is 9.76. The molecule has 0 aromatic rings. The lowest BCUT2D eigenvalue weighted by molar-refractivity contribution is -0.137. The molecule has 0 amide bonds. The minimum Gasteiger partial charge on any atom is -0.481 e. The van der Waals surface area contributed by atoms with Gasteiger partial charge in [-0.2, -0.15) is 0 Å². The number of thiocarbonyl (C=S) groups is 1. The van der Waals surface area contributed by atoms with Crippen LogP contribution in [0.1, 0.15) is 64.7 Å². The highest BCUT2D eigenvalue weighted by Crippen LogP contribution is 2.46. The number of hydrogen-bond acceptors (Lipinski definition) is 4. The highest BCUT2D eigenvalue weighted by atomic mass is 32.1. The number of nitrogens with one attached hydrogen (secondary N) is 1. The quantitative estimate of drug-likeness (QED) is 0.301. The van der Waals surface area contributed by atoms with Crippen LogP contribution in [0.3, 0.4) is 0 Å². The number of ether oxygens (including phenoxy) is 2. The van der Waals surface area contributed by atoms with Crippen molar-refractivity contribution in [2.45, 2.75) is 76.9 Å². The van der Waals surface area contributed by atoms with Crippen molar-refractivity contribution in [3.05, 3.63) is 12.2 Å². The van der Waals surface area contributed by atoms with E-state index >= 15 is 0 Å². The maximum atomic E-state index is 10.5. The van der Waals surface area contributed by atoms with E-state index in [9.17, 15) is 4.79 Å². The predicted octanol–water partition coefficient (Wildman–Crippen LogP) is 4.06. The first kappa shape index (κ1) is 21.2. The predicted molar refractivity (Wildman–Crippen MR) is 106 cm³/mol. The smallest absolute Gasteiger partial charge is 0.303 e. The third-order valence-electron chi connectivity index (χ3n) is 5.41.